The van der Waals surface area contributed by atoms with Gasteiger partial charge in [0.1, 0.15) is 0 Å². The van der Waals surface area contributed by atoms with E-state index in [1.807, 2.05) is 54.6 Å². The largest absolute Gasteiger partial charge is 0.416 e. The molecule has 0 aliphatic carbocycles. The lowest BCUT2D eigenvalue weighted by Crippen LogP contribution is -2.27. The molecule has 7 aromatic carbocycles. The quantitative estimate of drug-likeness (QED) is 0.154. The summed E-state index contributed by atoms with van der Waals surface area (Å²) in [6.45, 7) is -2.87. The van der Waals surface area contributed by atoms with Gasteiger partial charge in [-0.25, -0.2) is 0 Å². The number of benzene rings is 7. The summed E-state index contributed by atoms with van der Waals surface area (Å²) in [5.74, 6) is 0. The molecule has 0 fully saturated rings. The van der Waals surface area contributed by atoms with E-state index in [1.54, 1.807) is 0 Å². The molecule has 0 atom stereocenters. The SMILES string of the molecule is C=P(c1cccc(C(F)(F)F)c1)(c1cc2ccccc2c2ccccc12)c1cc2ccccc2c2ccccc12. The molecular formula is C36H24F3P. The topological polar surface area (TPSA) is 0 Å². The molecule has 0 N–H and O–H groups in total. The number of rotatable bonds is 3. The van der Waals surface area contributed by atoms with Gasteiger partial charge in [0.15, 0.2) is 0 Å². The predicted octanol–water partition coefficient (Wildman–Crippen LogP) is 9.04. The highest BCUT2D eigenvalue weighted by molar-refractivity contribution is 7.94. The molecule has 194 valence electrons. The van der Waals surface area contributed by atoms with Crippen LogP contribution < -0.4 is 15.9 Å². The minimum atomic E-state index is -4.46. The summed E-state index contributed by atoms with van der Waals surface area (Å²) in [7, 11) is 0. The Hall–Kier alpha value is -4.33. The van der Waals surface area contributed by atoms with E-state index < -0.39 is 18.6 Å². The summed E-state index contributed by atoms with van der Waals surface area (Å²) in [5, 5.41) is 11.0. The third-order valence-electron chi connectivity index (χ3n) is 7.93. The van der Waals surface area contributed by atoms with Crippen LogP contribution in [0.15, 0.2) is 133 Å². The van der Waals surface area contributed by atoms with Gasteiger partial charge in [0.25, 0.3) is 0 Å². The first kappa shape index (κ1) is 24.7. The summed E-state index contributed by atoms with van der Waals surface area (Å²) in [5.41, 5.74) is -0.659. The van der Waals surface area contributed by atoms with E-state index in [-0.39, 0.29) is 0 Å². The average molecular weight is 545 g/mol. The van der Waals surface area contributed by atoms with Crippen LogP contribution in [0.1, 0.15) is 5.56 Å². The minimum absolute atomic E-state index is 0.600. The zero-order valence-corrected chi connectivity index (χ0v) is 22.4. The molecule has 0 bridgehead atoms. The second-order valence-electron chi connectivity index (χ2n) is 10.2. The predicted molar refractivity (Wildman–Crippen MR) is 167 cm³/mol. The van der Waals surface area contributed by atoms with Crippen LogP contribution >= 0.6 is 6.89 Å². The van der Waals surface area contributed by atoms with Gasteiger partial charge in [-0.15, -0.1) is 0 Å². The molecule has 0 saturated heterocycles. The average Bonchev–Trinajstić information content (AvgIpc) is 2.99. The smallest absolute Gasteiger partial charge is 0.166 e. The molecule has 0 heterocycles. The Kier molecular flexibility index (Phi) is 5.63. The molecular weight excluding hydrogens is 520 g/mol. The van der Waals surface area contributed by atoms with Crippen LogP contribution in [-0.2, 0) is 6.18 Å². The first-order valence-electron chi connectivity index (χ1n) is 13.1. The van der Waals surface area contributed by atoms with Crippen LogP contribution in [0.2, 0.25) is 0 Å². The normalized spacial score (nSPS) is 12.5. The van der Waals surface area contributed by atoms with Crippen molar-refractivity contribution >= 4 is 72.2 Å². The van der Waals surface area contributed by atoms with Gasteiger partial charge in [0, 0.05) is 0 Å². The van der Waals surface area contributed by atoms with E-state index in [1.165, 1.54) is 12.1 Å². The summed E-state index contributed by atoms with van der Waals surface area (Å²) < 4.78 is 42.2. The van der Waals surface area contributed by atoms with E-state index in [2.05, 4.69) is 60.7 Å². The first-order chi connectivity index (χ1) is 19.4. The van der Waals surface area contributed by atoms with Crippen molar-refractivity contribution in [3.05, 3.63) is 139 Å². The van der Waals surface area contributed by atoms with Gasteiger partial charge in [-0.3, -0.25) is 0 Å². The van der Waals surface area contributed by atoms with Crippen molar-refractivity contribution in [2.24, 2.45) is 0 Å². The van der Waals surface area contributed by atoms with Gasteiger partial charge >= 0.3 is 6.18 Å². The highest BCUT2D eigenvalue weighted by Crippen LogP contribution is 2.48. The fraction of sp³-hybridized carbons (Fsp3) is 0.0278. The molecule has 0 spiro atoms. The van der Waals surface area contributed by atoms with Crippen LogP contribution in [0.5, 0.6) is 0 Å². The van der Waals surface area contributed by atoms with E-state index in [0.29, 0.717) is 5.30 Å². The number of alkyl halides is 3. The zero-order chi connectivity index (χ0) is 27.5. The van der Waals surface area contributed by atoms with Crippen molar-refractivity contribution in [2.45, 2.75) is 6.18 Å². The van der Waals surface area contributed by atoms with Crippen LogP contribution in [0.4, 0.5) is 13.2 Å². The monoisotopic (exact) mass is 544 g/mol. The highest BCUT2D eigenvalue weighted by atomic mass is 31.2. The maximum Gasteiger partial charge on any atom is 0.416 e. The number of halogens is 3. The Morgan fingerprint density at radius 2 is 0.875 bits per heavy atom. The second-order valence-corrected chi connectivity index (χ2v) is 13.3. The Morgan fingerprint density at radius 3 is 1.35 bits per heavy atom. The third-order valence-corrected chi connectivity index (χ3v) is 11.5. The molecule has 7 aromatic rings. The Balaban J connectivity index is 1.70. The van der Waals surface area contributed by atoms with E-state index in [0.717, 1.165) is 59.8 Å². The molecule has 0 radical (unpaired) electrons. The van der Waals surface area contributed by atoms with Gasteiger partial charge in [-0.1, -0.05) is 115 Å². The molecule has 0 aliphatic rings. The summed E-state index contributed by atoms with van der Waals surface area (Å²) in [6.07, 6.45) is 0.501. The van der Waals surface area contributed by atoms with Crippen molar-refractivity contribution in [1.29, 1.82) is 0 Å². The van der Waals surface area contributed by atoms with Gasteiger partial charge in [-0.05, 0) is 90.2 Å². The number of hydrogen-bond donors (Lipinski definition) is 0. The molecule has 0 saturated carbocycles. The van der Waals surface area contributed by atoms with Crippen molar-refractivity contribution in [2.75, 3.05) is 0 Å². The molecule has 0 nitrogen and oxygen atoms in total. The third kappa shape index (κ3) is 3.77. The second kappa shape index (κ2) is 9.11. The van der Waals surface area contributed by atoms with Gasteiger partial charge < -0.3 is 0 Å². The molecule has 0 amide bonds. The maximum absolute atomic E-state index is 14.1. The molecule has 7 rings (SSSR count). The van der Waals surface area contributed by atoms with E-state index in [9.17, 15) is 13.2 Å². The Morgan fingerprint density at radius 1 is 0.450 bits per heavy atom. The van der Waals surface area contributed by atoms with Crippen LogP contribution in [-0.4, -0.2) is 6.30 Å². The maximum atomic E-state index is 14.1. The minimum Gasteiger partial charge on any atom is -0.166 e. The zero-order valence-electron chi connectivity index (χ0n) is 21.5. The fourth-order valence-corrected chi connectivity index (χ4v) is 9.48. The molecule has 0 unspecified atom stereocenters. The van der Waals surface area contributed by atoms with Crippen LogP contribution in [0.3, 0.4) is 0 Å². The fourth-order valence-electron chi connectivity index (χ4n) is 6.03. The van der Waals surface area contributed by atoms with Gasteiger partial charge in [0.2, 0.25) is 0 Å². The summed E-state index contributed by atoms with van der Waals surface area (Å²) in [4.78, 5) is 0. The van der Waals surface area contributed by atoms with Crippen molar-refractivity contribution in [3.63, 3.8) is 0 Å². The number of hydrogen-bond acceptors (Lipinski definition) is 0. The molecule has 0 aromatic heterocycles. The summed E-state index contributed by atoms with van der Waals surface area (Å²) in [6, 6.07) is 42.8. The summed E-state index contributed by atoms with van der Waals surface area (Å²) >= 11 is 0. The molecule has 40 heavy (non-hydrogen) atoms. The van der Waals surface area contributed by atoms with Crippen LogP contribution in [0.25, 0.3) is 43.1 Å². The van der Waals surface area contributed by atoms with E-state index in [4.69, 9.17) is 6.30 Å². The highest BCUT2D eigenvalue weighted by Gasteiger charge is 2.33. The lowest BCUT2D eigenvalue weighted by atomic mass is 10.0. The van der Waals surface area contributed by atoms with E-state index >= 15 is 0 Å². The van der Waals surface area contributed by atoms with Gasteiger partial charge in [0.05, 0.1) is 5.56 Å². The molecule has 0 aliphatic heterocycles. The molecule has 4 heteroatoms. The van der Waals surface area contributed by atoms with Crippen molar-refractivity contribution in [1.82, 2.24) is 0 Å². The first-order valence-corrected chi connectivity index (χ1v) is 15.1. The Labute approximate surface area is 230 Å². The van der Waals surface area contributed by atoms with Crippen LogP contribution in [0, 0.1) is 0 Å². The lowest BCUT2D eigenvalue weighted by molar-refractivity contribution is -0.137. The Bertz CT molecular complexity index is 2020. The standard InChI is InChI=1S/C36H24F3P/c1-40(27-14-10-13-26(23-27)36(37,38)39,34-21-24-11-2-4-15-28(24)30-17-6-8-19-32(30)34)35-22-25-12-3-5-16-29(25)31-18-7-9-20-33(31)35/h2-23H,1H2. The lowest BCUT2D eigenvalue weighted by Gasteiger charge is -2.31. The van der Waals surface area contributed by atoms with Crippen molar-refractivity contribution in [3.8, 4) is 0 Å². The number of fused-ring (bicyclic) bond motifs is 6. The van der Waals surface area contributed by atoms with Crippen molar-refractivity contribution < 1.29 is 13.2 Å². The van der Waals surface area contributed by atoms with Gasteiger partial charge in [-0.2, -0.15) is 13.2 Å².